The number of carbonyl (C=O) groups excluding carboxylic acids is 2. The number of hydrogen-bond donors (Lipinski definition) is 1. The van der Waals surface area contributed by atoms with Crippen molar-refractivity contribution in [3.8, 4) is 11.5 Å². The molecule has 0 radical (unpaired) electrons. The van der Waals surface area contributed by atoms with Crippen LogP contribution < -0.4 is 10.1 Å². The molecule has 1 unspecified atom stereocenters. The number of thiophene rings is 1. The molecule has 0 spiro atoms. The fourth-order valence-electron chi connectivity index (χ4n) is 3.53. The number of ether oxygens (including phenoxy) is 2. The second-order valence-electron chi connectivity index (χ2n) is 8.08. The lowest BCUT2D eigenvalue weighted by atomic mass is 10.0. The Bertz CT molecular complexity index is 1190. The van der Waals surface area contributed by atoms with Gasteiger partial charge in [0.2, 0.25) is 5.91 Å². The maximum Gasteiger partial charge on any atom is 0.225 e. The molecule has 1 heterocycles. The van der Waals surface area contributed by atoms with Gasteiger partial charge in [-0.25, -0.2) is 0 Å². The van der Waals surface area contributed by atoms with E-state index in [1.807, 2.05) is 102 Å². The Morgan fingerprint density at radius 3 is 2.11 bits per heavy atom. The predicted octanol–water partition coefficient (Wildman–Crippen LogP) is 5.60. The van der Waals surface area contributed by atoms with Crippen molar-refractivity contribution in [1.29, 1.82) is 0 Å². The summed E-state index contributed by atoms with van der Waals surface area (Å²) in [5, 5.41) is 4.80. The molecule has 1 atom stereocenters. The molecule has 0 aliphatic heterocycles. The molecule has 35 heavy (non-hydrogen) atoms. The van der Waals surface area contributed by atoms with E-state index < -0.39 is 6.04 Å². The second kappa shape index (κ2) is 12.6. The average molecular weight is 486 g/mol. The molecular formula is C29H27NO4S. The minimum absolute atomic E-state index is 0.102. The van der Waals surface area contributed by atoms with E-state index >= 15 is 0 Å². The van der Waals surface area contributed by atoms with Gasteiger partial charge in [-0.05, 0) is 46.8 Å². The molecular weight excluding hydrogens is 458 g/mol. The number of para-hydroxylation sites is 1. The molecule has 1 aromatic heterocycles. The Labute approximate surface area is 209 Å². The largest absolute Gasteiger partial charge is 0.457 e. The second-order valence-corrected chi connectivity index (χ2v) is 9.11. The van der Waals surface area contributed by atoms with E-state index in [0.29, 0.717) is 12.4 Å². The van der Waals surface area contributed by atoms with Crippen LogP contribution in [0.1, 0.15) is 16.0 Å². The third-order valence-electron chi connectivity index (χ3n) is 5.32. The molecule has 1 N–H and O–H groups in total. The van der Waals surface area contributed by atoms with E-state index in [1.165, 1.54) is 11.3 Å². The summed E-state index contributed by atoms with van der Waals surface area (Å²) >= 11 is 1.52. The highest BCUT2D eigenvalue weighted by Crippen LogP contribution is 2.21. The lowest BCUT2D eigenvalue weighted by molar-refractivity contribution is -0.128. The topological polar surface area (TPSA) is 64.6 Å². The van der Waals surface area contributed by atoms with Gasteiger partial charge in [-0.15, -0.1) is 11.3 Å². The van der Waals surface area contributed by atoms with Gasteiger partial charge in [0, 0.05) is 11.3 Å². The van der Waals surface area contributed by atoms with Crippen LogP contribution in [-0.4, -0.2) is 24.3 Å². The predicted molar refractivity (Wildman–Crippen MR) is 138 cm³/mol. The molecule has 0 aliphatic rings. The molecule has 0 saturated carbocycles. The summed E-state index contributed by atoms with van der Waals surface area (Å²) in [6.07, 6.45) is 0.427. The first-order valence-corrected chi connectivity index (χ1v) is 12.3. The van der Waals surface area contributed by atoms with Gasteiger partial charge in [-0.3, -0.25) is 9.59 Å². The zero-order valence-corrected chi connectivity index (χ0v) is 20.1. The molecule has 6 heteroatoms. The molecule has 4 rings (SSSR count). The monoisotopic (exact) mass is 485 g/mol. The van der Waals surface area contributed by atoms with Crippen LogP contribution in [0.5, 0.6) is 11.5 Å². The van der Waals surface area contributed by atoms with Gasteiger partial charge in [0.1, 0.15) is 17.5 Å². The van der Waals surface area contributed by atoms with Crippen LogP contribution >= 0.6 is 11.3 Å². The van der Waals surface area contributed by atoms with Gasteiger partial charge in [0.15, 0.2) is 5.78 Å². The minimum Gasteiger partial charge on any atom is -0.457 e. The van der Waals surface area contributed by atoms with E-state index in [-0.39, 0.29) is 31.1 Å². The molecule has 5 nitrogen and oxygen atoms in total. The van der Waals surface area contributed by atoms with Gasteiger partial charge >= 0.3 is 0 Å². The lowest BCUT2D eigenvalue weighted by Gasteiger charge is -2.18. The average Bonchev–Trinajstić information content (AvgIpc) is 3.39. The number of nitrogens with one attached hydrogen (secondary N) is 1. The third kappa shape index (κ3) is 7.91. The van der Waals surface area contributed by atoms with Crippen molar-refractivity contribution in [3.63, 3.8) is 0 Å². The van der Waals surface area contributed by atoms with E-state index in [2.05, 4.69) is 5.32 Å². The fourth-order valence-corrected chi connectivity index (χ4v) is 4.23. The first-order chi connectivity index (χ1) is 17.2. The Morgan fingerprint density at radius 1 is 0.743 bits per heavy atom. The summed E-state index contributed by atoms with van der Waals surface area (Å²) in [5.74, 6) is 1.15. The van der Waals surface area contributed by atoms with Crippen molar-refractivity contribution >= 4 is 23.0 Å². The van der Waals surface area contributed by atoms with Gasteiger partial charge in [-0.2, -0.15) is 0 Å². The van der Waals surface area contributed by atoms with E-state index in [4.69, 9.17) is 9.47 Å². The van der Waals surface area contributed by atoms with Crippen molar-refractivity contribution in [2.24, 2.45) is 0 Å². The van der Waals surface area contributed by atoms with E-state index in [0.717, 1.165) is 21.8 Å². The van der Waals surface area contributed by atoms with Crippen LogP contribution in [0.4, 0.5) is 0 Å². The highest BCUT2D eigenvalue weighted by Gasteiger charge is 2.22. The molecule has 4 aromatic rings. The number of carbonyl (C=O) groups is 2. The van der Waals surface area contributed by atoms with Crippen LogP contribution in [0, 0.1) is 0 Å². The quantitative estimate of drug-likeness (QED) is 0.284. The Balaban J connectivity index is 1.36. The number of rotatable bonds is 12. The van der Waals surface area contributed by atoms with E-state index in [1.54, 1.807) is 0 Å². The molecule has 178 valence electrons. The number of Topliss-reactive ketones (excluding diaryl/α,β-unsaturated/α-hetero) is 1. The van der Waals surface area contributed by atoms with Crippen molar-refractivity contribution in [2.75, 3.05) is 6.61 Å². The number of amides is 1. The fraction of sp³-hybridized carbons (Fsp3) is 0.172. The standard InChI is InChI=1S/C29H27NO4S/c31-28(18-22-13-15-25(16-14-22)34-24-10-5-2-6-11-24)27(21-33-20-23-8-3-1-4-9-23)30-29(32)19-26-12-7-17-35-26/h1-17,27H,18-21H2,(H,30,32). The highest BCUT2D eigenvalue weighted by molar-refractivity contribution is 7.10. The van der Waals surface area contributed by atoms with Crippen LogP contribution in [0.15, 0.2) is 102 Å². The van der Waals surface area contributed by atoms with Crippen LogP contribution in [0.2, 0.25) is 0 Å². The first-order valence-electron chi connectivity index (χ1n) is 11.4. The highest BCUT2D eigenvalue weighted by atomic mass is 32.1. The summed E-state index contributed by atoms with van der Waals surface area (Å²) in [4.78, 5) is 26.7. The summed E-state index contributed by atoms with van der Waals surface area (Å²) in [6, 6.07) is 29.8. The summed E-state index contributed by atoms with van der Waals surface area (Å²) in [7, 11) is 0. The van der Waals surface area contributed by atoms with Crippen LogP contribution in [0.3, 0.4) is 0 Å². The van der Waals surface area contributed by atoms with E-state index in [9.17, 15) is 9.59 Å². The normalized spacial score (nSPS) is 11.5. The molecule has 0 fully saturated rings. The Hall–Kier alpha value is -3.74. The smallest absolute Gasteiger partial charge is 0.225 e. The number of hydrogen-bond acceptors (Lipinski definition) is 5. The van der Waals surface area contributed by atoms with Crippen molar-refractivity contribution in [1.82, 2.24) is 5.32 Å². The van der Waals surface area contributed by atoms with Crippen molar-refractivity contribution in [2.45, 2.75) is 25.5 Å². The summed E-state index contributed by atoms with van der Waals surface area (Å²) < 4.78 is 11.6. The van der Waals surface area contributed by atoms with Gasteiger partial charge < -0.3 is 14.8 Å². The van der Waals surface area contributed by atoms with Gasteiger partial charge in [-0.1, -0.05) is 66.7 Å². The number of ketones is 1. The Kier molecular flexibility index (Phi) is 8.81. The number of benzene rings is 3. The molecule has 0 aliphatic carbocycles. The first kappa shape index (κ1) is 24.4. The zero-order chi connectivity index (χ0) is 24.3. The van der Waals surface area contributed by atoms with Gasteiger partial charge in [0.05, 0.1) is 19.6 Å². The summed E-state index contributed by atoms with van der Waals surface area (Å²) in [5.41, 5.74) is 1.86. The lowest BCUT2D eigenvalue weighted by Crippen LogP contribution is -2.45. The van der Waals surface area contributed by atoms with Crippen molar-refractivity contribution < 1.29 is 19.1 Å². The molecule has 1 amide bonds. The zero-order valence-electron chi connectivity index (χ0n) is 19.3. The Morgan fingerprint density at radius 2 is 1.43 bits per heavy atom. The van der Waals surface area contributed by atoms with Crippen LogP contribution in [0.25, 0.3) is 0 Å². The maximum atomic E-state index is 13.1. The van der Waals surface area contributed by atoms with Crippen LogP contribution in [-0.2, 0) is 33.8 Å². The molecule has 3 aromatic carbocycles. The van der Waals surface area contributed by atoms with Crippen molar-refractivity contribution in [3.05, 3.63) is 118 Å². The third-order valence-corrected chi connectivity index (χ3v) is 6.19. The van der Waals surface area contributed by atoms with Gasteiger partial charge in [0.25, 0.3) is 0 Å². The maximum absolute atomic E-state index is 13.1. The molecule has 0 saturated heterocycles. The molecule has 0 bridgehead atoms. The SMILES string of the molecule is O=C(Cc1cccs1)NC(COCc1ccccc1)C(=O)Cc1ccc(Oc2ccccc2)cc1. The minimum atomic E-state index is -0.730. The summed E-state index contributed by atoms with van der Waals surface area (Å²) in [6.45, 7) is 0.482.